The van der Waals surface area contributed by atoms with Crippen LogP contribution >= 0.6 is 0 Å². The smallest absolute Gasteiger partial charge is 0.246 e. The van der Waals surface area contributed by atoms with E-state index in [1.165, 1.54) is 10.9 Å². The molecular weight excluding hydrogens is 314 g/mol. The van der Waals surface area contributed by atoms with Gasteiger partial charge < -0.3 is 4.42 Å². The number of nitrogens with zero attached hydrogens (tertiary/aromatic N) is 3. The van der Waals surface area contributed by atoms with Gasteiger partial charge in [0.25, 0.3) is 0 Å². The summed E-state index contributed by atoms with van der Waals surface area (Å²) < 4.78 is 34.7. The Morgan fingerprint density at radius 1 is 1.39 bits per heavy atom. The number of aromatic nitrogens is 2. The minimum atomic E-state index is -3.53. The summed E-state index contributed by atoms with van der Waals surface area (Å²) in [6, 6.07) is 3.98. The van der Waals surface area contributed by atoms with Gasteiger partial charge in [-0.15, -0.1) is 0 Å². The third-order valence-corrected chi connectivity index (χ3v) is 6.56. The van der Waals surface area contributed by atoms with Crippen LogP contribution in [0.3, 0.4) is 0 Å². The number of hydrogen-bond acceptors (Lipinski definition) is 4. The molecule has 23 heavy (non-hydrogen) atoms. The summed E-state index contributed by atoms with van der Waals surface area (Å²) in [4.78, 5) is 0.245. The number of sulfonamides is 1. The van der Waals surface area contributed by atoms with Crippen LogP contribution in [0.5, 0.6) is 0 Å². The molecule has 0 unspecified atom stereocenters. The van der Waals surface area contributed by atoms with Crippen LogP contribution in [-0.4, -0.2) is 28.5 Å². The van der Waals surface area contributed by atoms with Gasteiger partial charge in [-0.1, -0.05) is 6.92 Å². The maximum atomic E-state index is 12.9. The van der Waals surface area contributed by atoms with E-state index in [0.29, 0.717) is 18.4 Å². The van der Waals surface area contributed by atoms with E-state index < -0.39 is 10.0 Å². The van der Waals surface area contributed by atoms with E-state index in [9.17, 15) is 8.42 Å². The number of hydrogen-bond donors (Lipinski definition) is 0. The van der Waals surface area contributed by atoms with Crippen molar-refractivity contribution in [1.29, 1.82) is 0 Å². The third kappa shape index (κ3) is 2.83. The Kier molecular flexibility index (Phi) is 3.39. The van der Waals surface area contributed by atoms with Gasteiger partial charge in [-0.2, -0.15) is 9.40 Å². The zero-order valence-corrected chi connectivity index (χ0v) is 14.2. The summed E-state index contributed by atoms with van der Waals surface area (Å²) in [6.07, 6.45) is 5.93. The van der Waals surface area contributed by atoms with Gasteiger partial charge in [-0.3, -0.25) is 4.68 Å². The Labute approximate surface area is 136 Å². The summed E-state index contributed by atoms with van der Waals surface area (Å²) in [7, 11) is -1.81. The van der Waals surface area contributed by atoms with Crippen LogP contribution in [0.25, 0.3) is 0 Å². The van der Waals surface area contributed by atoms with Gasteiger partial charge in [-0.25, -0.2) is 8.42 Å². The normalized spacial score (nSPS) is 24.3. The first-order chi connectivity index (χ1) is 10.9. The van der Waals surface area contributed by atoms with Crippen molar-refractivity contribution < 1.29 is 12.8 Å². The maximum Gasteiger partial charge on any atom is 0.246 e. The van der Waals surface area contributed by atoms with Crippen molar-refractivity contribution in [3.63, 3.8) is 0 Å². The average molecular weight is 335 g/mol. The van der Waals surface area contributed by atoms with Crippen LogP contribution in [0.2, 0.25) is 0 Å². The van der Waals surface area contributed by atoms with E-state index in [4.69, 9.17) is 4.42 Å². The van der Waals surface area contributed by atoms with Crippen LogP contribution < -0.4 is 0 Å². The van der Waals surface area contributed by atoms with Crippen molar-refractivity contribution in [3.8, 4) is 0 Å². The maximum absolute atomic E-state index is 12.9. The highest BCUT2D eigenvalue weighted by Crippen LogP contribution is 2.47. The largest absolute Gasteiger partial charge is 0.464 e. The average Bonchev–Trinajstić information content (AvgIpc) is 3.37. The number of rotatable bonds is 6. The third-order valence-electron chi connectivity index (χ3n) is 4.71. The molecule has 2 aliphatic carbocycles. The Bertz CT molecular complexity index is 819. The Morgan fingerprint density at radius 2 is 2.13 bits per heavy atom. The van der Waals surface area contributed by atoms with Crippen molar-refractivity contribution >= 4 is 10.0 Å². The second-order valence-electron chi connectivity index (χ2n) is 6.75. The van der Waals surface area contributed by atoms with E-state index in [2.05, 4.69) is 12.0 Å². The molecule has 7 heteroatoms. The van der Waals surface area contributed by atoms with Gasteiger partial charge in [0.1, 0.15) is 16.4 Å². The summed E-state index contributed by atoms with van der Waals surface area (Å²) in [5, 5.41) is 3.98. The first-order valence-corrected chi connectivity index (χ1v) is 9.48. The van der Waals surface area contributed by atoms with Crippen LogP contribution in [-0.2, 0) is 23.6 Å². The Balaban J connectivity index is 1.57. The van der Waals surface area contributed by atoms with E-state index >= 15 is 0 Å². The second-order valence-corrected chi connectivity index (χ2v) is 8.65. The van der Waals surface area contributed by atoms with E-state index in [-0.39, 0.29) is 10.9 Å². The van der Waals surface area contributed by atoms with Gasteiger partial charge in [0, 0.05) is 25.2 Å². The zero-order chi connectivity index (χ0) is 16.2. The predicted octanol–water partition coefficient (Wildman–Crippen LogP) is 2.49. The molecule has 2 saturated carbocycles. The standard InChI is InChI=1S/C16H21N3O3S/c1-11-7-15(11)16-6-5-13(22-16)9-19(12-3-4-12)23(20,21)14-8-17-18(2)10-14/h5-6,8,10-12,15H,3-4,7,9H2,1-2H3/t11-,15-/m1/s1. The molecule has 4 rings (SSSR count). The Hall–Kier alpha value is -1.60. The molecule has 0 radical (unpaired) electrons. The van der Waals surface area contributed by atoms with Gasteiger partial charge in [-0.05, 0) is 37.3 Å². The van der Waals surface area contributed by atoms with E-state index in [1.54, 1.807) is 17.5 Å². The van der Waals surface area contributed by atoms with Crippen LogP contribution in [0, 0.1) is 5.92 Å². The molecule has 0 amide bonds. The van der Waals surface area contributed by atoms with Crippen molar-refractivity contribution in [1.82, 2.24) is 14.1 Å². The van der Waals surface area contributed by atoms with Gasteiger partial charge in [0.2, 0.25) is 10.0 Å². The molecule has 2 aliphatic rings. The summed E-state index contributed by atoms with van der Waals surface area (Å²) >= 11 is 0. The molecule has 0 aliphatic heterocycles. The van der Waals surface area contributed by atoms with Gasteiger partial charge in [0.05, 0.1) is 12.7 Å². The van der Waals surface area contributed by atoms with Crippen LogP contribution in [0.4, 0.5) is 0 Å². The molecule has 0 saturated heterocycles. The molecule has 124 valence electrons. The first kappa shape index (κ1) is 15.0. The lowest BCUT2D eigenvalue weighted by Gasteiger charge is -2.19. The molecule has 0 N–H and O–H groups in total. The predicted molar refractivity (Wildman–Crippen MR) is 84.2 cm³/mol. The number of aryl methyl sites for hydroxylation is 1. The molecule has 0 spiro atoms. The molecule has 0 bridgehead atoms. The molecule has 2 atom stereocenters. The highest BCUT2D eigenvalue weighted by Gasteiger charge is 2.40. The second kappa shape index (κ2) is 5.21. The minimum absolute atomic E-state index is 0.0774. The van der Waals surface area contributed by atoms with Crippen molar-refractivity contribution in [2.75, 3.05) is 0 Å². The van der Waals surface area contributed by atoms with E-state index in [1.807, 2.05) is 12.1 Å². The number of furan rings is 1. The molecule has 2 aromatic heterocycles. The van der Waals surface area contributed by atoms with E-state index in [0.717, 1.165) is 30.8 Å². The summed E-state index contributed by atoms with van der Waals surface area (Å²) in [6.45, 7) is 2.50. The lowest BCUT2D eigenvalue weighted by atomic mass is 10.3. The van der Waals surface area contributed by atoms with Crippen LogP contribution in [0.15, 0.2) is 33.8 Å². The molecule has 2 heterocycles. The molecule has 2 fully saturated rings. The monoisotopic (exact) mass is 335 g/mol. The quantitative estimate of drug-likeness (QED) is 0.813. The van der Waals surface area contributed by atoms with Crippen molar-refractivity contribution in [2.24, 2.45) is 13.0 Å². The van der Waals surface area contributed by atoms with Gasteiger partial charge in [0.15, 0.2) is 0 Å². The first-order valence-electron chi connectivity index (χ1n) is 8.04. The fraction of sp³-hybridized carbons (Fsp3) is 0.562. The zero-order valence-electron chi connectivity index (χ0n) is 13.3. The SMILES string of the molecule is C[C@@H]1C[C@H]1c1ccc(CN(C2CC2)S(=O)(=O)c2cnn(C)c2)o1. The summed E-state index contributed by atoms with van der Waals surface area (Å²) in [5.41, 5.74) is 0. The fourth-order valence-corrected chi connectivity index (χ4v) is 4.63. The van der Waals surface area contributed by atoms with Crippen LogP contribution in [0.1, 0.15) is 43.6 Å². The molecule has 0 aromatic carbocycles. The lowest BCUT2D eigenvalue weighted by Crippen LogP contribution is -2.32. The summed E-state index contributed by atoms with van der Waals surface area (Å²) in [5.74, 6) is 2.89. The van der Waals surface area contributed by atoms with Crippen molar-refractivity contribution in [2.45, 2.75) is 49.6 Å². The fourth-order valence-electron chi connectivity index (χ4n) is 2.99. The van der Waals surface area contributed by atoms with Crippen molar-refractivity contribution in [3.05, 3.63) is 36.0 Å². The Morgan fingerprint density at radius 3 is 2.70 bits per heavy atom. The highest BCUT2D eigenvalue weighted by atomic mass is 32.2. The lowest BCUT2D eigenvalue weighted by molar-refractivity contribution is 0.347. The molecule has 2 aromatic rings. The highest BCUT2D eigenvalue weighted by molar-refractivity contribution is 7.89. The van der Waals surface area contributed by atoms with Gasteiger partial charge >= 0.3 is 0 Å². The molecule has 6 nitrogen and oxygen atoms in total. The minimum Gasteiger partial charge on any atom is -0.464 e. The topological polar surface area (TPSA) is 68.3 Å². The molecular formula is C16H21N3O3S.